The summed E-state index contributed by atoms with van der Waals surface area (Å²) in [7, 11) is 1.65. The molecule has 0 aliphatic rings. The lowest BCUT2D eigenvalue weighted by Crippen LogP contribution is -2.25. The molecule has 0 fully saturated rings. The molecule has 1 amide bonds. The second kappa shape index (κ2) is 10.9. The molecule has 0 aliphatic heterocycles. The van der Waals surface area contributed by atoms with Crippen LogP contribution in [0.5, 0.6) is 5.75 Å². The maximum atomic E-state index is 12.4. The van der Waals surface area contributed by atoms with Crippen LogP contribution < -0.4 is 15.4 Å². The normalized spacial score (nSPS) is 10.4. The molecule has 3 rings (SSSR count). The lowest BCUT2D eigenvalue weighted by Gasteiger charge is -2.09. The number of rotatable bonds is 10. The summed E-state index contributed by atoms with van der Waals surface area (Å²) in [5.41, 5.74) is 3.06. The van der Waals surface area contributed by atoms with E-state index >= 15 is 0 Å². The van der Waals surface area contributed by atoms with Crippen LogP contribution in [0, 0.1) is 0 Å². The maximum Gasteiger partial charge on any atom is 0.251 e. The Morgan fingerprint density at radius 2 is 1.76 bits per heavy atom. The summed E-state index contributed by atoms with van der Waals surface area (Å²) in [6.07, 6.45) is 4.43. The number of nitrogens with zero attached hydrogens (tertiary/aromatic N) is 1. The molecule has 0 atom stereocenters. The Labute approximate surface area is 172 Å². The number of pyridine rings is 1. The summed E-state index contributed by atoms with van der Waals surface area (Å²) < 4.78 is 5.23. The zero-order valence-electron chi connectivity index (χ0n) is 16.7. The number of carbonyl (C=O) groups is 1. The van der Waals surface area contributed by atoms with Gasteiger partial charge in [-0.15, -0.1) is 0 Å². The van der Waals surface area contributed by atoms with E-state index in [0.29, 0.717) is 12.1 Å². The number of nitrogens with one attached hydrogen (secondary N) is 2. The van der Waals surface area contributed by atoms with E-state index in [-0.39, 0.29) is 5.91 Å². The smallest absolute Gasteiger partial charge is 0.251 e. The highest BCUT2D eigenvalue weighted by Gasteiger charge is 2.07. The summed E-state index contributed by atoms with van der Waals surface area (Å²) in [6, 6.07) is 21.8. The molecule has 5 heteroatoms. The average molecular weight is 389 g/mol. The number of aryl methyl sites for hydroxylation is 1. The second-order valence-corrected chi connectivity index (χ2v) is 6.80. The predicted molar refractivity (Wildman–Crippen MR) is 117 cm³/mol. The third-order valence-corrected chi connectivity index (χ3v) is 4.65. The number of amides is 1. The molecular weight excluding hydrogens is 362 g/mol. The fourth-order valence-electron chi connectivity index (χ4n) is 3.07. The third kappa shape index (κ3) is 6.64. The van der Waals surface area contributed by atoms with Gasteiger partial charge in [0.25, 0.3) is 5.91 Å². The van der Waals surface area contributed by atoms with Gasteiger partial charge in [-0.3, -0.25) is 4.79 Å². The number of hydrogen-bond donors (Lipinski definition) is 2. The molecule has 0 spiro atoms. The minimum absolute atomic E-state index is 0.0948. The Morgan fingerprint density at radius 3 is 2.59 bits per heavy atom. The first-order valence-electron chi connectivity index (χ1n) is 9.89. The zero-order valence-corrected chi connectivity index (χ0v) is 16.7. The van der Waals surface area contributed by atoms with Crippen molar-refractivity contribution in [1.82, 2.24) is 10.3 Å². The van der Waals surface area contributed by atoms with Crippen molar-refractivity contribution in [3.8, 4) is 5.75 Å². The standard InChI is InChI=1S/C24H27N3O2/c1-29-22-11-5-9-20(17-22)12-15-27-24(28)21-13-16-26-23(18-21)25-14-6-10-19-7-3-2-4-8-19/h2-5,7-9,11,13,16-18H,6,10,12,14-15H2,1H3,(H,25,26)(H,27,28). The second-order valence-electron chi connectivity index (χ2n) is 6.80. The van der Waals surface area contributed by atoms with Gasteiger partial charge in [0.05, 0.1) is 7.11 Å². The Balaban J connectivity index is 1.43. The van der Waals surface area contributed by atoms with E-state index in [1.807, 2.05) is 30.3 Å². The van der Waals surface area contributed by atoms with Crippen molar-refractivity contribution in [2.75, 3.05) is 25.5 Å². The van der Waals surface area contributed by atoms with Gasteiger partial charge in [-0.2, -0.15) is 0 Å². The molecule has 150 valence electrons. The van der Waals surface area contributed by atoms with Gasteiger partial charge in [-0.1, -0.05) is 42.5 Å². The molecule has 1 heterocycles. The number of anilines is 1. The summed E-state index contributed by atoms with van der Waals surface area (Å²) in [4.78, 5) is 16.7. The number of carbonyl (C=O) groups excluding carboxylic acids is 1. The van der Waals surface area contributed by atoms with Crippen LogP contribution in [0.2, 0.25) is 0 Å². The number of ether oxygens (including phenoxy) is 1. The first-order valence-corrected chi connectivity index (χ1v) is 9.89. The molecule has 0 bridgehead atoms. The number of benzene rings is 2. The highest BCUT2D eigenvalue weighted by atomic mass is 16.5. The highest BCUT2D eigenvalue weighted by Crippen LogP contribution is 2.13. The predicted octanol–water partition coefficient (Wildman–Crippen LogP) is 4.11. The molecule has 0 radical (unpaired) electrons. The minimum Gasteiger partial charge on any atom is -0.497 e. The van der Waals surface area contributed by atoms with E-state index in [0.717, 1.165) is 42.9 Å². The Hall–Kier alpha value is -3.34. The number of hydrogen-bond acceptors (Lipinski definition) is 4. The van der Waals surface area contributed by atoms with E-state index in [1.54, 1.807) is 25.4 Å². The van der Waals surface area contributed by atoms with Crippen LogP contribution in [0.1, 0.15) is 27.9 Å². The molecule has 29 heavy (non-hydrogen) atoms. The Kier molecular flexibility index (Phi) is 7.63. The lowest BCUT2D eigenvalue weighted by atomic mass is 10.1. The van der Waals surface area contributed by atoms with Gasteiger partial charge in [-0.05, 0) is 54.7 Å². The summed E-state index contributed by atoms with van der Waals surface area (Å²) in [5.74, 6) is 1.45. The fraction of sp³-hybridized carbons (Fsp3) is 0.250. The lowest BCUT2D eigenvalue weighted by molar-refractivity contribution is 0.0954. The first-order chi connectivity index (χ1) is 14.2. The number of aromatic nitrogens is 1. The van der Waals surface area contributed by atoms with Crippen LogP contribution in [-0.2, 0) is 12.8 Å². The molecule has 0 saturated carbocycles. The van der Waals surface area contributed by atoms with Crippen LogP contribution >= 0.6 is 0 Å². The van der Waals surface area contributed by atoms with Crippen LogP contribution in [0.3, 0.4) is 0 Å². The maximum absolute atomic E-state index is 12.4. The van der Waals surface area contributed by atoms with Crippen molar-refractivity contribution in [2.45, 2.75) is 19.3 Å². The third-order valence-electron chi connectivity index (χ3n) is 4.65. The molecular formula is C24H27N3O2. The molecule has 2 aromatic carbocycles. The van der Waals surface area contributed by atoms with Gasteiger partial charge in [-0.25, -0.2) is 4.98 Å². The Bertz CT molecular complexity index is 913. The van der Waals surface area contributed by atoms with E-state index < -0.39 is 0 Å². The van der Waals surface area contributed by atoms with Crippen molar-refractivity contribution in [3.63, 3.8) is 0 Å². The van der Waals surface area contributed by atoms with Crippen LogP contribution in [-0.4, -0.2) is 31.1 Å². The molecule has 5 nitrogen and oxygen atoms in total. The van der Waals surface area contributed by atoms with Crippen LogP contribution in [0.25, 0.3) is 0 Å². The van der Waals surface area contributed by atoms with Crippen molar-refractivity contribution >= 4 is 11.7 Å². The van der Waals surface area contributed by atoms with Crippen molar-refractivity contribution in [2.24, 2.45) is 0 Å². The van der Waals surface area contributed by atoms with Crippen LogP contribution in [0.4, 0.5) is 5.82 Å². The van der Waals surface area contributed by atoms with Crippen LogP contribution in [0.15, 0.2) is 72.9 Å². The summed E-state index contributed by atoms with van der Waals surface area (Å²) >= 11 is 0. The van der Waals surface area contributed by atoms with Gasteiger partial charge in [0, 0.05) is 24.8 Å². The topological polar surface area (TPSA) is 63.2 Å². The number of methoxy groups -OCH3 is 1. The summed E-state index contributed by atoms with van der Waals surface area (Å²) in [5, 5.41) is 6.27. The highest BCUT2D eigenvalue weighted by molar-refractivity contribution is 5.94. The largest absolute Gasteiger partial charge is 0.497 e. The van der Waals surface area contributed by atoms with Gasteiger partial charge >= 0.3 is 0 Å². The van der Waals surface area contributed by atoms with Crippen molar-refractivity contribution < 1.29 is 9.53 Å². The Morgan fingerprint density at radius 1 is 0.931 bits per heavy atom. The monoisotopic (exact) mass is 389 g/mol. The van der Waals surface area contributed by atoms with Crippen molar-refractivity contribution in [3.05, 3.63) is 89.6 Å². The average Bonchev–Trinajstić information content (AvgIpc) is 2.78. The molecule has 0 saturated heterocycles. The molecule has 2 N–H and O–H groups in total. The van der Waals surface area contributed by atoms with E-state index in [4.69, 9.17) is 4.74 Å². The van der Waals surface area contributed by atoms with E-state index in [9.17, 15) is 4.79 Å². The van der Waals surface area contributed by atoms with Crippen molar-refractivity contribution in [1.29, 1.82) is 0 Å². The summed E-state index contributed by atoms with van der Waals surface area (Å²) in [6.45, 7) is 1.37. The fourth-order valence-corrected chi connectivity index (χ4v) is 3.07. The molecule has 1 aromatic heterocycles. The van der Waals surface area contributed by atoms with Gasteiger partial charge in [0.1, 0.15) is 11.6 Å². The zero-order chi connectivity index (χ0) is 20.3. The van der Waals surface area contributed by atoms with Gasteiger partial charge in [0.2, 0.25) is 0 Å². The molecule has 3 aromatic rings. The molecule has 0 unspecified atom stereocenters. The van der Waals surface area contributed by atoms with Gasteiger partial charge in [0.15, 0.2) is 0 Å². The minimum atomic E-state index is -0.0948. The quantitative estimate of drug-likeness (QED) is 0.512. The SMILES string of the molecule is COc1cccc(CCNC(=O)c2ccnc(NCCCc3ccccc3)c2)c1. The van der Waals surface area contributed by atoms with E-state index in [1.165, 1.54) is 5.56 Å². The molecule has 0 aliphatic carbocycles. The van der Waals surface area contributed by atoms with Gasteiger partial charge < -0.3 is 15.4 Å². The van der Waals surface area contributed by atoms with E-state index in [2.05, 4.69) is 39.9 Å². The first kappa shape index (κ1) is 20.4.